The lowest BCUT2D eigenvalue weighted by Gasteiger charge is -2.09. The molecule has 1 amide bonds. The van der Waals surface area contributed by atoms with Crippen molar-refractivity contribution in [2.24, 2.45) is 0 Å². The fourth-order valence-corrected chi connectivity index (χ4v) is 2.84. The largest absolute Gasteiger partial charge is 0.306 e. The van der Waals surface area contributed by atoms with Crippen LogP contribution in [0.15, 0.2) is 79.0 Å². The number of pyridine rings is 1. The second-order valence-electron chi connectivity index (χ2n) is 6.00. The molecule has 0 fully saturated rings. The second-order valence-corrected chi connectivity index (χ2v) is 6.38. The Hall–Kier alpha value is -3.51. The molecule has 2 aromatic carbocycles. The highest BCUT2D eigenvalue weighted by atomic mass is 35.5. The van der Waals surface area contributed by atoms with Crippen molar-refractivity contribution < 1.29 is 9.18 Å². The Balaban J connectivity index is 1.75. The molecule has 0 radical (unpaired) electrons. The van der Waals surface area contributed by atoms with Crippen LogP contribution >= 0.6 is 11.6 Å². The molecule has 138 valence electrons. The zero-order valence-electron chi connectivity index (χ0n) is 14.5. The van der Waals surface area contributed by atoms with E-state index in [1.165, 1.54) is 29.1 Å². The number of hydrogen-bond acceptors (Lipinski definition) is 3. The van der Waals surface area contributed by atoms with Crippen molar-refractivity contribution in [3.63, 3.8) is 0 Å². The molecule has 1 N–H and O–H groups in total. The lowest BCUT2D eigenvalue weighted by atomic mass is 10.1. The van der Waals surface area contributed by atoms with Crippen molar-refractivity contribution in [3.8, 4) is 16.9 Å². The average molecular weight is 393 g/mol. The number of benzene rings is 2. The molecule has 4 rings (SSSR count). The van der Waals surface area contributed by atoms with Crippen molar-refractivity contribution in [1.29, 1.82) is 0 Å². The van der Waals surface area contributed by atoms with Crippen molar-refractivity contribution >= 4 is 23.3 Å². The zero-order valence-corrected chi connectivity index (χ0v) is 15.3. The normalized spacial score (nSPS) is 10.6. The number of anilines is 1. The predicted molar refractivity (Wildman–Crippen MR) is 106 cm³/mol. The number of rotatable bonds is 4. The highest BCUT2D eigenvalue weighted by Crippen LogP contribution is 2.25. The van der Waals surface area contributed by atoms with Gasteiger partial charge in [-0.25, -0.2) is 14.1 Å². The Labute approximate surface area is 165 Å². The van der Waals surface area contributed by atoms with E-state index in [2.05, 4.69) is 15.4 Å². The number of nitrogens with one attached hydrogen (secondary N) is 1. The third-order valence-corrected chi connectivity index (χ3v) is 4.29. The lowest BCUT2D eigenvalue weighted by Crippen LogP contribution is -2.15. The number of amides is 1. The molecule has 0 spiro atoms. The summed E-state index contributed by atoms with van der Waals surface area (Å²) in [5, 5.41) is 7.66. The minimum absolute atomic E-state index is 0.299. The highest BCUT2D eigenvalue weighted by Gasteiger charge is 2.15. The predicted octanol–water partition coefficient (Wildman–Crippen LogP) is 4.98. The molecule has 4 aromatic rings. The minimum Gasteiger partial charge on any atom is -0.306 e. The fourth-order valence-electron chi connectivity index (χ4n) is 2.72. The fraction of sp³-hybridized carbons (Fsp3) is 0. The van der Waals surface area contributed by atoms with Gasteiger partial charge in [-0.2, -0.15) is 5.10 Å². The van der Waals surface area contributed by atoms with Crippen LogP contribution in [-0.4, -0.2) is 20.7 Å². The maximum atomic E-state index is 13.7. The molecule has 0 aliphatic carbocycles. The van der Waals surface area contributed by atoms with E-state index in [4.69, 9.17) is 11.6 Å². The summed E-state index contributed by atoms with van der Waals surface area (Å²) >= 11 is 5.78. The molecule has 2 aromatic heterocycles. The number of halogens is 2. The summed E-state index contributed by atoms with van der Waals surface area (Å²) in [6.07, 6.45) is 1.39. The van der Waals surface area contributed by atoms with E-state index in [9.17, 15) is 9.18 Å². The maximum absolute atomic E-state index is 13.7. The molecule has 5 nitrogen and oxygen atoms in total. The minimum atomic E-state index is -0.395. The average Bonchev–Trinajstić information content (AvgIpc) is 3.13. The number of aromatic nitrogens is 3. The standard InChI is InChI=1S/C21H14ClFN4O/c22-19-10-9-15(13-24-19)21(28)25-20-12-18(14-5-2-1-3-6-14)26-27(20)17-8-4-7-16(23)11-17/h1-13H,(H,25,28). The number of carbonyl (C=O) groups is 1. The quantitative estimate of drug-likeness (QED) is 0.498. The van der Waals surface area contributed by atoms with E-state index in [0.717, 1.165) is 5.56 Å². The molecule has 0 unspecified atom stereocenters. The summed E-state index contributed by atoms with van der Waals surface area (Å²) in [5.74, 6) is -0.362. The number of hydrogen-bond donors (Lipinski definition) is 1. The summed E-state index contributed by atoms with van der Waals surface area (Å²) in [6.45, 7) is 0. The van der Waals surface area contributed by atoms with Crippen LogP contribution in [0.2, 0.25) is 5.15 Å². The summed E-state index contributed by atoms with van der Waals surface area (Å²) in [6, 6.07) is 20.4. The summed E-state index contributed by atoms with van der Waals surface area (Å²) in [5.41, 5.74) is 2.36. The number of carbonyl (C=O) groups excluding carboxylic acids is 1. The zero-order chi connectivity index (χ0) is 19.5. The molecule has 0 aliphatic rings. The molecular weight excluding hydrogens is 379 g/mol. The van der Waals surface area contributed by atoms with Gasteiger partial charge in [0, 0.05) is 17.8 Å². The van der Waals surface area contributed by atoms with Crippen molar-refractivity contribution in [1.82, 2.24) is 14.8 Å². The monoisotopic (exact) mass is 392 g/mol. The Bertz CT molecular complexity index is 1130. The van der Waals surface area contributed by atoms with Gasteiger partial charge in [-0.1, -0.05) is 48.0 Å². The van der Waals surface area contributed by atoms with Gasteiger partial charge in [0.25, 0.3) is 5.91 Å². The molecular formula is C21H14ClFN4O. The molecule has 2 heterocycles. The maximum Gasteiger partial charge on any atom is 0.258 e. The Morgan fingerprint density at radius 3 is 2.54 bits per heavy atom. The second kappa shape index (κ2) is 7.62. The first kappa shape index (κ1) is 17.9. The van der Waals surface area contributed by atoms with Gasteiger partial charge in [-0.15, -0.1) is 0 Å². The van der Waals surface area contributed by atoms with Crippen molar-refractivity contribution in [2.45, 2.75) is 0 Å². The van der Waals surface area contributed by atoms with Crippen LogP contribution in [0, 0.1) is 5.82 Å². The summed E-state index contributed by atoms with van der Waals surface area (Å²) in [4.78, 5) is 16.5. The molecule has 28 heavy (non-hydrogen) atoms. The SMILES string of the molecule is O=C(Nc1cc(-c2ccccc2)nn1-c1cccc(F)c1)c1ccc(Cl)nc1. The third kappa shape index (κ3) is 3.77. The van der Waals surface area contributed by atoms with Crippen LogP contribution in [0.3, 0.4) is 0 Å². The van der Waals surface area contributed by atoms with Crippen molar-refractivity contribution in [3.05, 3.63) is 95.5 Å². The van der Waals surface area contributed by atoms with Gasteiger partial charge in [0.1, 0.15) is 16.8 Å². The Morgan fingerprint density at radius 1 is 1.00 bits per heavy atom. The Kier molecular flexibility index (Phi) is 4.87. The van der Waals surface area contributed by atoms with Crippen LogP contribution in [0.5, 0.6) is 0 Å². The smallest absolute Gasteiger partial charge is 0.258 e. The summed E-state index contributed by atoms with van der Waals surface area (Å²) in [7, 11) is 0. The van der Waals surface area contributed by atoms with Gasteiger partial charge in [0.05, 0.1) is 16.9 Å². The Morgan fingerprint density at radius 2 is 1.82 bits per heavy atom. The molecule has 0 aliphatic heterocycles. The molecule has 0 atom stereocenters. The molecule has 0 bridgehead atoms. The van der Waals surface area contributed by atoms with Gasteiger partial charge >= 0.3 is 0 Å². The van der Waals surface area contributed by atoms with E-state index < -0.39 is 5.82 Å². The van der Waals surface area contributed by atoms with E-state index >= 15 is 0 Å². The van der Waals surface area contributed by atoms with Gasteiger partial charge in [-0.05, 0) is 30.3 Å². The first-order chi connectivity index (χ1) is 13.6. The van der Waals surface area contributed by atoms with E-state index in [-0.39, 0.29) is 5.91 Å². The van der Waals surface area contributed by atoms with Crippen LogP contribution in [0.4, 0.5) is 10.2 Å². The van der Waals surface area contributed by atoms with Crippen LogP contribution in [0.1, 0.15) is 10.4 Å². The van der Waals surface area contributed by atoms with E-state index in [1.807, 2.05) is 30.3 Å². The first-order valence-corrected chi connectivity index (χ1v) is 8.82. The number of nitrogens with zero attached hydrogens (tertiary/aromatic N) is 3. The molecule has 0 saturated heterocycles. The van der Waals surface area contributed by atoms with Crippen LogP contribution < -0.4 is 5.32 Å². The van der Waals surface area contributed by atoms with Gasteiger partial charge in [0.2, 0.25) is 0 Å². The first-order valence-electron chi connectivity index (χ1n) is 8.44. The topological polar surface area (TPSA) is 59.8 Å². The third-order valence-electron chi connectivity index (χ3n) is 4.06. The van der Waals surface area contributed by atoms with Crippen molar-refractivity contribution in [2.75, 3.05) is 5.32 Å². The lowest BCUT2D eigenvalue weighted by molar-refractivity contribution is 0.102. The van der Waals surface area contributed by atoms with Crippen LogP contribution in [-0.2, 0) is 0 Å². The van der Waals surface area contributed by atoms with E-state index in [0.29, 0.717) is 27.9 Å². The summed E-state index contributed by atoms with van der Waals surface area (Å²) < 4.78 is 15.2. The van der Waals surface area contributed by atoms with Gasteiger partial charge in [-0.3, -0.25) is 4.79 Å². The van der Waals surface area contributed by atoms with Gasteiger partial charge in [0.15, 0.2) is 0 Å². The highest BCUT2D eigenvalue weighted by molar-refractivity contribution is 6.29. The molecule has 0 saturated carbocycles. The van der Waals surface area contributed by atoms with Crippen LogP contribution in [0.25, 0.3) is 16.9 Å². The molecule has 7 heteroatoms. The van der Waals surface area contributed by atoms with Gasteiger partial charge < -0.3 is 5.32 Å². The van der Waals surface area contributed by atoms with E-state index in [1.54, 1.807) is 24.3 Å².